The van der Waals surface area contributed by atoms with Gasteiger partial charge in [0.2, 0.25) is 0 Å². The molecule has 1 unspecified atom stereocenters. The summed E-state index contributed by atoms with van der Waals surface area (Å²) in [5.74, 6) is 5.76. The summed E-state index contributed by atoms with van der Waals surface area (Å²) in [6, 6.07) is 7.58. The maximum Gasteiger partial charge on any atom is 0.416 e. The number of aliphatic hydroxyl groups is 1. The normalized spacial score (nSPS) is 30.4. The second kappa shape index (κ2) is 9.73. The van der Waals surface area contributed by atoms with Crippen LogP contribution in [0.3, 0.4) is 0 Å². The molecule has 2 aliphatic heterocycles. The first-order valence-electron chi connectivity index (χ1n) is 14.9. The summed E-state index contributed by atoms with van der Waals surface area (Å²) < 4.78 is 51.1. The Labute approximate surface area is 247 Å². The van der Waals surface area contributed by atoms with Crippen molar-refractivity contribution >= 4 is 11.9 Å². The van der Waals surface area contributed by atoms with Crippen molar-refractivity contribution in [2.45, 2.75) is 80.8 Å². The van der Waals surface area contributed by atoms with Crippen LogP contribution in [0.15, 0.2) is 36.4 Å². The van der Waals surface area contributed by atoms with Crippen LogP contribution >= 0.6 is 0 Å². The summed E-state index contributed by atoms with van der Waals surface area (Å²) in [4.78, 5) is 29.3. The van der Waals surface area contributed by atoms with Crippen molar-refractivity contribution in [1.82, 2.24) is 9.80 Å². The van der Waals surface area contributed by atoms with Crippen molar-refractivity contribution < 1.29 is 37.3 Å². The average molecular weight is 595 g/mol. The van der Waals surface area contributed by atoms with Gasteiger partial charge in [0, 0.05) is 43.6 Å². The van der Waals surface area contributed by atoms with Crippen LogP contribution in [0.25, 0.3) is 0 Å². The molecule has 5 atom stereocenters. The van der Waals surface area contributed by atoms with Crippen LogP contribution in [0.1, 0.15) is 61.3 Å². The highest BCUT2D eigenvalue weighted by Gasteiger charge is 2.73. The number of hydrogen-bond acceptors (Lipinski definition) is 6. The van der Waals surface area contributed by atoms with Gasteiger partial charge in [0.1, 0.15) is 6.10 Å². The standard InChI is InChI=1S/C33H33F3N2O5/c1-19(39)42-25-11-8-22-17-26-32(41)14-13-24(37(2)27(40)12-7-20-5-9-23(10-6-20)33(34,35)36)30-31(32,28(22)29(25)43-30)15-16-38(26)18-21-3-4-21/h5-6,8-11,21,24,26,30,41H,3-4,13-18H2,1-2H3/t24-,26+,30-,31-,32?/m0/s1. The van der Waals surface area contributed by atoms with Crippen LogP contribution in [0, 0.1) is 17.8 Å². The van der Waals surface area contributed by atoms with Gasteiger partial charge in [-0.3, -0.25) is 14.5 Å². The lowest BCUT2D eigenvalue weighted by atomic mass is 9.48. The van der Waals surface area contributed by atoms with E-state index in [1.165, 1.54) is 36.8 Å². The Morgan fingerprint density at radius 2 is 1.88 bits per heavy atom. The van der Waals surface area contributed by atoms with Gasteiger partial charge >= 0.3 is 12.1 Å². The van der Waals surface area contributed by atoms with Crippen LogP contribution in [0.5, 0.6) is 11.5 Å². The molecule has 1 N–H and O–H groups in total. The summed E-state index contributed by atoms with van der Waals surface area (Å²) in [6.07, 6.45) is -0.370. The van der Waals surface area contributed by atoms with E-state index < -0.39 is 46.8 Å². The van der Waals surface area contributed by atoms with Gasteiger partial charge in [-0.05, 0) is 86.9 Å². The number of carbonyl (C=O) groups excluding carboxylic acids is 2. The van der Waals surface area contributed by atoms with Gasteiger partial charge in [-0.2, -0.15) is 13.2 Å². The zero-order chi connectivity index (χ0) is 30.3. The highest BCUT2D eigenvalue weighted by atomic mass is 19.4. The predicted molar refractivity (Wildman–Crippen MR) is 149 cm³/mol. The molecule has 0 radical (unpaired) electrons. The van der Waals surface area contributed by atoms with Gasteiger partial charge in [0.15, 0.2) is 11.5 Å². The Morgan fingerprint density at radius 3 is 2.56 bits per heavy atom. The van der Waals surface area contributed by atoms with E-state index in [4.69, 9.17) is 9.47 Å². The number of amides is 1. The number of benzene rings is 2. The fourth-order valence-corrected chi connectivity index (χ4v) is 8.18. The molecule has 10 heteroatoms. The zero-order valence-electron chi connectivity index (χ0n) is 24.0. The number of likely N-dealkylation sites (N-methyl/N-ethyl adjacent to an activating group) is 1. The second-order valence-corrected chi connectivity index (χ2v) is 12.7. The van der Waals surface area contributed by atoms with Crippen molar-refractivity contribution in [3.63, 3.8) is 0 Å². The molecular weight excluding hydrogens is 561 g/mol. The van der Waals surface area contributed by atoms with E-state index in [1.807, 2.05) is 6.07 Å². The molecule has 1 spiro atoms. The quantitative estimate of drug-likeness (QED) is 0.327. The van der Waals surface area contributed by atoms with Crippen molar-refractivity contribution in [3.8, 4) is 23.3 Å². The molecule has 3 fully saturated rings. The number of carbonyl (C=O) groups is 2. The molecule has 3 aliphatic carbocycles. The van der Waals surface area contributed by atoms with Gasteiger partial charge < -0.3 is 19.5 Å². The molecule has 2 heterocycles. The van der Waals surface area contributed by atoms with Crippen molar-refractivity contribution in [2.75, 3.05) is 20.1 Å². The maximum absolute atomic E-state index is 13.4. The van der Waals surface area contributed by atoms with Crippen LogP contribution < -0.4 is 9.47 Å². The van der Waals surface area contributed by atoms with Crippen molar-refractivity contribution in [3.05, 3.63) is 58.7 Å². The number of rotatable bonds is 4. The number of piperidine rings is 1. The number of likely N-dealkylation sites (tertiary alicyclic amines) is 1. The van der Waals surface area contributed by atoms with Crippen molar-refractivity contribution in [2.24, 2.45) is 5.92 Å². The monoisotopic (exact) mass is 594 g/mol. The molecule has 5 aliphatic rings. The molecule has 2 bridgehead atoms. The lowest BCUT2D eigenvalue weighted by molar-refractivity contribution is -0.199. The molecule has 43 heavy (non-hydrogen) atoms. The molecule has 1 saturated heterocycles. The number of esters is 1. The molecule has 2 aromatic carbocycles. The molecule has 226 valence electrons. The smallest absolute Gasteiger partial charge is 0.416 e. The van der Waals surface area contributed by atoms with Gasteiger partial charge in [0.05, 0.1) is 22.6 Å². The minimum Gasteiger partial charge on any atom is -0.483 e. The van der Waals surface area contributed by atoms with E-state index in [0.29, 0.717) is 48.7 Å². The minimum atomic E-state index is -4.45. The third-order valence-electron chi connectivity index (χ3n) is 10.3. The molecule has 1 amide bonds. The molecular formula is C33H33F3N2O5. The van der Waals surface area contributed by atoms with Crippen LogP contribution in [-0.4, -0.2) is 70.7 Å². The zero-order valence-corrected chi connectivity index (χ0v) is 24.0. The Balaban J connectivity index is 1.23. The Kier molecular flexibility index (Phi) is 6.39. The first kappa shape index (κ1) is 28.2. The van der Waals surface area contributed by atoms with Crippen molar-refractivity contribution in [1.29, 1.82) is 0 Å². The predicted octanol–water partition coefficient (Wildman–Crippen LogP) is 4.07. The fourth-order valence-electron chi connectivity index (χ4n) is 8.18. The third-order valence-corrected chi connectivity index (χ3v) is 10.3. The maximum atomic E-state index is 13.4. The summed E-state index contributed by atoms with van der Waals surface area (Å²) in [7, 11) is 1.65. The molecule has 2 saturated carbocycles. The number of nitrogens with zero attached hydrogens (tertiary/aromatic N) is 2. The molecule has 2 aromatic rings. The fraction of sp³-hybridized carbons (Fsp3) is 0.515. The summed E-state index contributed by atoms with van der Waals surface area (Å²) in [6.45, 7) is 3.08. The van der Waals surface area contributed by atoms with E-state index >= 15 is 0 Å². The number of ether oxygens (including phenoxy) is 2. The Bertz CT molecular complexity index is 1560. The highest BCUT2D eigenvalue weighted by molar-refractivity contribution is 5.94. The van der Waals surface area contributed by atoms with E-state index in [1.54, 1.807) is 13.1 Å². The molecule has 7 nitrogen and oxygen atoms in total. The summed E-state index contributed by atoms with van der Waals surface area (Å²) in [5, 5.41) is 12.7. The number of hydrogen-bond donors (Lipinski definition) is 1. The van der Waals surface area contributed by atoms with Crippen LogP contribution in [0.2, 0.25) is 0 Å². The number of halogens is 3. The van der Waals surface area contributed by atoms with Crippen LogP contribution in [-0.2, 0) is 27.6 Å². The topological polar surface area (TPSA) is 79.3 Å². The second-order valence-electron chi connectivity index (χ2n) is 12.7. The lowest BCUT2D eigenvalue weighted by Gasteiger charge is -2.64. The van der Waals surface area contributed by atoms with E-state index in [0.717, 1.165) is 36.3 Å². The summed E-state index contributed by atoms with van der Waals surface area (Å²) >= 11 is 0. The van der Waals surface area contributed by atoms with E-state index in [-0.39, 0.29) is 6.04 Å². The lowest BCUT2D eigenvalue weighted by Crippen LogP contribution is -2.78. The van der Waals surface area contributed by atoms with Gasteiger partial charge in [-0.15, -0.1) is 0 Å². The Morgan fingerprint density at radius 1 is 1.14 bits per heavy atom. The molecule has 7 rings (SSSR count). The largest absolute Gasteiger partial charge is 0.483 e. The third kappa shape index (κ3) is 4.34. The first-order valence-corrected chi connectivity index (χ1v) is 14.9. The highest BCUT2D eigenvalue weighted by Crippen LogP contribution is 2.66. The SMILES string of the molecule is CC(=O)Oc1ccc2c3c1O[C@H]1[C@@H](N(C)C(=O)C#Cc4ccc(C(F)(F)F)cc4)CCC4(O)[C@@H](C2)N(CC2CC2)CC[C@]314. The van der Waals surface area contributed by atoms with Gasteiger partial charge in [0.25, 0.3) is 5.91 Å². The minimum absolute atomic E-state index is 0.0904. The molecule has 0 aromatic heterocycles. The number of alkyl halides is 3. The van der Waals surface area contributed by atoms with Gasteiger partial charge in [-0.1, -0.05) is 12.0 Å². The van der Waals surface area contributed by atoms with Crippen LogP contribution in [0.4, 0.5) is 13.2 Å². The van der Waals surface area contributed by atoms with E-state index in [9.17, 15) is 27.9 Å². The van der Waals surface area contributed by atoms with E-state index in [2.05, 4.69) is 16.7 Å². The van der Waals surface area contributed by atoms with Gasteiger partial charge in [-0.25, -0.2) is 0 Å². The average Bonchev–Trinajstić information content (AvgIpc) is 3.70. The first-order chi connectivity index (χ1) is 20.4. The Hall–Kier alpha value is -3.55. The summed E-state index contributed by atoms with van der Waals surface area (Å²) in [5.41, 5.74) is -0.415.